The van der Waals surface area contributed by atoms with Crippen LogP contribution in [0.4, 0.5) is 27.1 Å². The number of ketones is 1. The summed E-state index contributed by atoms with van der Waals surface area (Å²) in [5.74, 6) is 0.362. The molecular weight excluding hydrogens is 491 g/mol. The maximum Gasteiger partial charge on any atom is 0.196 e. The van der Waals surface area contributed by atoms with Crippen LogP contribution in [0.2, 0.25) is 0 Å². The van der Waals surface area contributed by atoms with E-state index in [2.05, 4.69) is 52.3 Å². The van der Waals surface area contributed by atoms with E-state index in [1.165, 1.54) is 12.1 Å². The van der Waals surface area contributed by atoms with E-state index in [-0.39, 0.29) is 11.6 Å². The van der Waals surface area contributed by atoms with Crippen LogP contribution in [0.1, 0.15) is 27.0 Å². The standard InChI is InChI=1S/C32H27FN4O2/c1-19-7-8-20(2)25(17-19)34-26-18-27(37-15-13-36(14-16-37)22-11-9-21(33)10-12-22)30-29-28(26)31(38)23-5-3-4-6-24(23)32(29)39-35-30/h3-12,17-18,34H,13-16H2,1-2H3. The van der Waals surface area contributed by atoms with E-state index in [0.29, 0.717) is 22.4 Å². The van der Waals surface area contributed by atoms with Gasteiger partial charge in [0.25, 0.3) is 0 Å². The van der Waals surface area contributed by atoms with Crippen LogP contribution in [-0.4, -0.2) is 37.1 Å². The van der Waals surface area contributed by atoms with Gasteiger partial charge in [0.05, 0.1) is 22.3 Å². The summed E-state index contributed by atoms with van der Waals surface area (Å²) >= 11 is 0. The molecule has 1 saturated heterocycles. The first-order valence-corrected chi connectivity index (χ1v) is 13.2. The summed E-state index contributed by atoms with van der Waals surface area (Å²) in [6.45, 7) is 7.18. The Kier molecular flexibility index (Phi) is 5.40. The molecule has 1 N–H and O–H groups in total. The summed E-state index contributed by atoms with van der Waals surface area (Å²) in [7, 11) is 0. The van der Waals surface area contributed by atoms with Gasteiger partial charge in [-0.15, -0.1) is 0 Å². The summed E-state index contributed by atoms with van der Waals surface area (Å²) in [5, 5.41) is 8.86. The van der Waals surface area contributed by atoms with Crippen LogP contribution >= 0.6 is 0 Å². The Labute approximate surface area is 225 Å². The predicted octanol–water partition coefficient (Wildman–Crippen LogP) is 6.87. The molecule has 7 rings (SSSR count). The van der Waals surface area contributed by atoms with E-state index in [1.807, 2.05) is 42.5 Å². The Morgan fingerprint density at radius 3 is 2.33 bits per heavy atom. The average molecular weight is 519 g/mol. The van der Waals surface area contributed by atoms with Gasteiger partial charge in [0.2, 0.25) is 0 Å². The fourth-order valence-electron chi connectivity index (χ4n) is 5.75. The molecule has 2 heterocycles. The Balaban J connectivity index is 1.34. The number of fused-ring (bicyclic) bond motifs is 2. The van der Waals surface area contributed by atoms with E-state index in [1.54, 1.807) is 0 Å². The fraction of sp³-hybridized carbons (Fsp3) is 0.188. The molecule has 1 fully saturated rings. The molecule has 2 aliphatic rings. The van der Waals surface area contributed by atoms with Crippen molar-refractivity contribution in [3.05, 3.63) is 101 Å². The summed E-state index contributed by atoms with van der Waals surface area (Å²) in [5.41, 5.74) is 8.56. The zero-order chi connectivity index (χ0) is 26.7. The van der Waals surface area contributed by atoms with Crippen molar-refractivity contribution in [3.63, 3.8) is 0 Å². The SMILES string of the molecule is Cc1ccc(C)c(Nc2cc(N3CCN(c4ccc(F)cc4)CC3)c3noc4c3c2C(=O)c2ccccc2-4)c1. The maximum absolute atomic E-state index is 13.9. The summed E-state index contributed by atoms with van der Waals surface area (Å²) in [6, 6.07) is 22.5. The molecule has 0 atom stereocenters. The Hall–Kier alpha value is -4.65. The molecule has 7 heteroatoms. The van der Waals surface area contributed by atoms with Gasteiger partial charge in [-0.2, -0.15) is 0 Å². The van der Waals surface area contributed by atoms with Gasteiger partial charge in [-0.05, 0) is 61.4 Å². The van der Waals surface area contributed by atoms with E-state index in [4.69, 9.17) is 4.52 Å². The summed E-state index contributed by atoms with van der Waals surface area (Å²) in [6.07, 6.45) is 0. The fourth-order valence-corrected chi connectivity index (χ4v) is 5.75. The average Bonchev–Trinajstić information content (AvgIpc) is 3.40. The zero-order valence-electron chi connectivity index (χ0n) is 21.8. The number of benzene rings is 4. The highest BCUT2D eigenvalue weighted by atomic mass is 19.1. The molecule has 6 nitrogen and oxygen atoms in total. The lowest BCUT2D eigenvalue weighted by molar-refractivity contribution is 0.104. The molecule has 5 aromatic rings. The molecule has 4 aromatic carbocycles. The van der Waals surface area contributed by atoms with Crippen molar-refractivity contribution in [2.24, 2.45) is 0 Å². The van der Waals surface area contributed by atoms with Crippen molar-refractivity contribution < 1.29 is 13.7 Å². The van der Waals surface area contributed by atoms with Crippen molar-refractivity contribution >= 4 is 39.4 Å². The number of aromatic nitrogens is 1. The van der Waals surface area contributed by atoms with Crippen LogP contribution < -0.4 is 15.1 Å². The van der Waals surface area contributed by atoms with Crippen LogP contribution in [0.5, 0.6) is 0 Å². The molecule has 0 amide bonds. The number of carbonyl (C=O) groups excluding carboxylic acids is 1. The summed E-state index contributed by atoms with van der Waals surface area (Å²) < 4.78 is 19.4. The van der Waals surface area contributed by atoms with Crippen molar-refractivity contribution in [2.75, 3.05) is 41.3 Å². The minimum Gasteiger partial charge on any atom is -0.368 e. The smallest absolute Gasteiger partial charge is 0.196 e. The van der Waals surface area contributed by atoms with Crippen LogP contribution in [0.15, 0.2) is 77.3 Å². The molecule has 1 aliphatic carbocycles. The number of aryl methyl sites for hydroxylation is 2. The van der Waals surface area contributed by atoms with Crippen molar-refractivity contribution in [2.45, 2.75) is 13.8 Å². The predicted molar refractivity (Wildman–Crippen MR) is 153 cm³/mol. The van der Waals surface area contributed by atoms with Gasteiger partial charge in [0, 0.05) is 48.7 Å². The van der Waals surface area contributed by atoms with Crippen LogP contribution in [0.25, 0.3) is 22.2 Å². The first-order valence-electron chi connectivity index (χ1n) is 13.2. The third-order valence-corrected chi connectivity index (χ3v) is 7.85. The molecule has 39 heavy (non-hydrogen) atoms. The molecule has 0 bridgehead atoms. The van der Waals surface area contributed by atoms with E-state index < -0.39 is 0 Å². The third kappa shape index (κ3) is 3.84. The number of nitrogens with one attached hydrogen (secondary N) is 1. The van der Waals surface area contributed by atoms with Gasteiger partial charge < -0.3 is 19.6 Å². The molecule has 0 unspecified atom stereocenters. The van der Waals surface area contributed by atoms with Gasteiger partial charge in [-0.25, -0.2) is 4.39 Å². The number of rotatable bonds is 4. The number of nitrogens with zero attached hydrogens (tertiary/aromatic N) is 3. The second kappa shape index (κ2) is 8.98. The normalized spacial score (nSPS) is 14.6. The minimum absolute atomic E-state index is 0.0354. The Bertz CT molecular complexity index is 1750. The third-order valence-electron chi connectivity index (χ3n) is 7.85. The number of halogens is 1. The highest BCUT2D eigenvalue weighted by Gasteiger charge is 2.34. The lowest BCUT2D eigenvalue weighted by Gasteiger charge is -2.37. The molecule has 1 aromatic heterocycles. The van der Waals surface area contributed by atoms with Gasteiger partial charge >= 0.3 is 0 Å². The number of hydrogen-bond acceptors (Lipinski definition) is 6. The molecule has 0 saturated carbocycles. The van der Waals surface area contributed by atoms with Gasteiger partial charge in [0.15, 0.2) is 11.5 Å². The van der Waals surface area contributed by atoms with Crippen LogP contribution in [0.3, 0.4) is 0 Å². The maximum atomic E-state index is 13.9. The highest BCUT2D eigenvalue weighted by molar-refractivity contribution is 6.28. The van der Waals surface area contributed by atoms with E-state index >= 15 is 0 Å². The molecular formula is C32H27FN4O2. The highest BCUT2D eigenvalue weighted by Crippen LogP contribution is 2.46. The topological polar surface area (TPSA) is 61.6 Å². The zero-order valence-corrected chi connectivity index (χ0v) is 21.8. The molecule has 194 valence electrons. The van der Waals surface area contributed by atoms with Crippen molar-refractivity contribution in [1.29, 1.82) is 0 Å². The number of piperazine rings is 1. The number of carbonyl (C=O) groups is 1. The quantitative estimate of drug-likeness (QED) is 0.275. The van der Waals surface area contributed by atoms with E-state index in [9.17, 15) is 9.18 Å². The Morgan fingerprint density at radius 1 is 0.846 bits per heavy atom. The first-order chi connectivity index (χ1) is 19.0. The van der Waals surface area contributed by atoms with Gasteiger partial charge in [-0.1, -0.05) is 41.6 Å². The van der Waals surface area contributed by atoms with Gasteiger partial charge in [-0.3, -0.25) is 4.79 Å². The van der Waals surface area contributed by atoms with Gasteiger partial charge in [0.1, 0.15) is 11.3 Å². The lowest BCUT2D eigenvalue weighted by Crippen LogP contribution is -2.46. The molecule has 0 spiro atoms. The monoisotopic (exact) mass is 518 g/mol. The van der Waals surface area contributed by atoms with E-state index in [0.717, 1.165) is 71.0 Å². The molecule has 0 radical (unpaired) electrons. The largest absolute Gasteiger partial charge is 0.368 e. The number of anilines is 4. The minimum atomic E-state index is -0.233. The summed E-state index contributed by atoms with van der Waals surface area (Å²) in [4.78, 5) is 18.5. The second-order valence-electron chi connectivity index (χ2n) is 10.3. The first kappa shape index (κ1) is 23.5. The Morgan fingerprint density at radius 2 is 1.56 bits per heavy atom. The molecule has 1 aliphatic heterocycles. The van der Waals surface area contributed by atoms with Crippen molar-refractivity contribution in [3.8, 4) is 11.3 Å². The lowest BCUT2D eigenvalue weighted by atomic mass is 9.86. The van der Waals surface area contributed by atoms with Crippen LogP contribution in [-0.2, 0) is 0 Å². The second-order valence-corrected chi connectivity index (χ2v) is 10.3. The number of hydrogen-bond donors (Lipinski definition) is 1. The van der Waals surface area contributed by atoms with Crippen molar-refractivity contribution in [1.82, 2.24) is 5.16 Å². The van der Waals surface area contributed by atoms with Crippen LogP contribution in [0, 0.1) is 19.7 Å².